The molecular weight excluding hydrogens is 224 g/mol. The molecule has 1 aliphatic heterocycles. The van der Waals surface area contributed by atoms with E-state index in [0.29, 0.717) is 0 Å². The first-order chi connectivity index (χ1) is 8.61. The third-order valence-electron chi connectivity index (χ3n) is 3.29. The van der Waals surface area contributed by atoms with Gasteiger partial charge in [-0.3, -0.25) is 0 Å². The summed E-state index contributed by atoms with van der Waals surface area (Å²) >= 11 is 0. The van der Waals surface area contributed by atoms with E-state index in [1.54, 1.807) is 0 Å². The van der Waals surface area contributed by atoms with Gasteiger partial charge in [-0.25, -0.2) is 9.97 Å². The molecule has 0 bridgehead atoms. The van der Waals surface area contributed by atoms with Crippen LogP contribution in [0, 0.1) is 5.41 Å². The maximum atomic E-state index is 4.52. The van der Waals surface area contributed by atoms with E-state index in [4.69, 9.17) is 0 Å². The van der Waals surface area contributed by atoms with Crippen LogP contribution in [0.2, 0.25) is 0 Å². The molecule has 2 rings (SSSR count). The van der Waals surface area contributed by atoms with E-state index in [1.807, 2.05) is 12.4 Å². The molecule has 1 fully saturated rings. The lowest BCUT2D eigenvalue weighted by molar-refractivity contribution is 0.369. The molecule has 1 aromatic heterocycles. The number of nitrogens with one attached hydrogen (secondary N) is 1. The van der Waals surface area contributed by atoms with Gasteiger partial charge in [-0.15, -0.1) is 0 Å². The van der Waals surface area contributed by atoms with Gasteiger partial charge in [0.15, 0.2) is 0 Å². The van der Waals surface area contributed by atoms with Gasteiger partial charge in [0.05, 0.1) is 0 Å². The van der Waals surface area contributed by atoms with Crippen molar-refractivity contribution in [3.8, 4) is 0 Å². The van der Waals surface area contributed by atoms with Crippen molar-refractivity contribution in [3.63, 3.8) is 0 Å². The highest BCUT2D eigenvalue weighted by atomic mass is 15.3. The third-order valence-corrected chi connectivity index (χ3v) is 3.29. The van der Waals surface area contributed by atoms with E-state index in [1.165, 1.54) is 5.56 Å². The van der Waals surface area contributed by atoms with Crippen molar-refractivity contribution in [3.05, 3.63) is 18.0 Å². The van der Waals surface area contributed by atoms with Crippen LogP contribution in [0.25, 0.3) is 0 Å². The van der Waals surface area contributed by atoms with Crippen molar-refractivity contribution >= 4 is 5.95 Å². The third kappa shape index (κ3) is 3.42. The van der Waals surface area contributed by atoms with Crippen molar-refractivity contribution in [2.24, 2.45) is 5.41 Å². The van der Waals surface area contributed by atoms with E-state index in [0.717, 1.165) is 45.0 Å². The van der Waals surface area contributed by atoms with Gasteiger partial charge in [0.25, 0.3) is 0 Å². The summed E-state index contributed by atoms with van der Waals surface area (Å²) in [5, 5.41) is 3.47. The molecule has 1 N–H and O–H groups in total. The average Bonchev–Trinajstić information content (AvgIpc) is 2.52. The van der Waals surface area contributed by atoms with Crippen molar-refractivity contribution in [2.75, 3.05) is 31.1 Å². The molecule has 18 heavy (non-hydrogen) atoms. The summed E-state index contributed by atoms with van der Waals surface area (Å²) in [4.78, 5) is 11.3. The summed E-state index contributed by atoms with van der Waals surface area (Å²) in [7, 11) is 0. The Morgan fingerprint density at radius 1 is 1.33 bits per heavy atom. The van der Waals surface area contributed by atoms with Gasteiger partial charge in [-0.2, -0.15) is 0 Å². The fraction of sp³-hybridized carbons (Fsp3) is 0.714. The Labute approximate surface area is 110 Å². The van der Waals surface area contributed by atoms with Crippen LogP contribution in [0.15, 0.2) is 12.4 Å². The first-order valence-corrected chi connectivity index (χ1v) is 6.87. The lowest BCUT2D eigenvalue weighted by Gasteiger charge is -2.28. The summed E-state index contributed by atoms with van der Waals surface area (Å²) in [6.45, 7) is 10.8. The highest BCUT2D eigenvalue weighted by Crippen LogP contribution is 2.20. The number of hydrogen-bond acceptors (Lipinski definition) is 4. The molecule has 100 valence electrons. The van der Waals surface area contributed by atoms with Crippen molar-refractivity contribution in [1.82, 2.24) is 15.3 Å². The standard InChI is InChI=1S/C14H24N4/c1-4-5-12-8-16-13(17-9-12)18-7-6-15-10-14(2,3)11-18/h8-9,15H,4-7,10-11H2,1-3H3. The molecule has 1 saturated heterocycles. The van der Waals surface area contributed by atoms with Gasteiger partial charge in [0, 0.05) is 38.6 Å². The number of rotatable bonds is 3. The summed E-state index contributed by atoms with van der Waals surface area (Å²) < 4.78 is 0. The van der Waals surface area contributed by atoms with Crippen LogP contribution in [0.5, 0.6) is 0 Å². The zero-order valence-corrected chi connectivity index (χ0v) is 11.7. The van der Waals surface area contributed by atoms with E-state index >= 15 is 0 Å². The SMILES string of the molecule is CCCc1cnc(N2CCNCC(C)(C)C2)nc1. The van der Waals surface area contributed by atoms with E-state index < -0.39 is 0 Å². The first kappa shape index (κ1) is 13.3. The number of hydrogen-bond donors (Lipinski definition) is 1. The summed E-state index contributed by atoms with van der Waals surface area (Å²) in [6.07, 6.45) is 6.14. The Morgan fingerprint density at radius 3 is 2.72 bits per heavy atom. The molecule has 0 atom stereocenters. The smallest absolute Gasteiger partial charge is 0.225 e. The molecule has 1 aliphatic rings. The average molecular weight is 248 g/mol. The van der Waals surface area contributed by atoms with Gasteiger partial charge >= 0.3 is 0 Å². The molecule has 4 nitrogen and oxygen atoms in total. The van der Waals surface area contributed by atoms with Gasteiger partial charge in [0.1, 0.15) is 0 Å². The Balaban J connectivity index is 2.09. The van der Waals surface area contributed by atoms with Crippen molar-refractivity contribution in [1.29, 1.82) is 0 Å². The molecule has 0 saturated carbocycles. The van der Waals surface area contributed by atoms with Gasteiger partial charge < -0.3 is 10.2 Å². The predicted molar refractivity (Wildman–Crippen MR) is 74.9 cm³/mol. The summed E-state index contributed by atoms with van der Waals surface area (Å²) in [5.41, 5.74) is 1.50. The fourth-order valence-electron chi connectivity index (χ4n) is 2.39. The normalized spacial score (nSPS) is 19.6. The van der Waals surface area contributed by atoms with Crippen LogP contribution in [0.4, 0.5) is 5.95 Å². The first-order valence-electron chi connectivity index (χ1n) is 6.87. The Kier molecular flexibility index (Phi) is 4.17. The highest BCUT2D eigenvalue weighted by Gasteiger charge is 2.25. The second-order valence-electron chi connectivity index (χ2n) is 5.90. The minimum Gasteiger partial charge on any atom is -0.339 e. The lowest BCUT2D eigenvalue weighted by Crippen LogP contribution is -2.36. The Hall–Kier alpha value is -1.16. The molecule has 2 heterocycles. The highest BCUT2D eigenvalue weighted by molar-refractivity contribution is 5.31. The lowest BCUT2D eigenvalue weighted by atomic mass is 9.93. The maximum absolute atomic E-state index is 4.52. The summed E-state index contributed by atoms with van der Waals surface area (Å²) in [6, 6.07) is 0. The molecule has 0 unspecified atom stereocenters. The minimum atomic E-state index is 0.266. The minimum absolute atomic E-state index is 0.266. The van der Waals surface area contributed by atoms with Gasteiger partial charge in [-0.05, 0) is 17.4 Å². The topological polar surface area (TPSA) is 41.1 Å². The zero-order chi connectivity index (χ0) is 13.0. The van der Waals surface area contributed by atoms with E-state index in [-0.39, 0.29) is 5.41 Å². The molecule has 4 heteroatoms. The van der Waals surface area contributed by atoms with Crippen molar-refractivity contribution in [2.45, 2.75) is 33.6 Å². The van der Waals surface area contributed by atoms with E-state index in [9.17, 15) is 0 Å². The maximum Gasteiger partial charge on any atom is 0.225 e. The largest absolute Gasteiger partial charge is 0.339 e. The second kappa shape index (κ2) is 5.65. The molecular formula is C14H24N4. The number of aryl methyl sites for hydroxylation is 1. The molecule has 1 aromatic rings. The summed E-state index contributed by atoms with van der Waals surface area (Å²) in [5.74, 6) is 0.867. The Bertz CT molecular complexity index is 372. The van der Waals surface area contributed by atoms with Crippen LogP contribution < -0.4 is 10.2 Å². The number of nitrogens with zero attached hydrogens (tertiary/aromatic N) is 3. The fourth-order valence-corrected chi connectivity index (χ4v) is 2.39. The predicted octanol–water partition coefficient (Wildman–Crippen LogP) is 1.86. The second-order valence-corrected chi connectivity index (χ2v) is 5.90. The molecule has 0 spiro atoms. The van der Waals surface area contributed by atoms with E-state index in [2.05, 4.69) is 41.0 Å². The molecule has 0 aromatic carbocycles. The van der Waals surface area contributed by atoms with Crippen LogP contribution >= 0.6 is 0 Å². The molecule has 0 amide bonds. The van der Waals surface area contributed by atoms with Gasteiger partial charge in [-0.1, -0.05) is 27.2 Å². The van der Waals surface area contributed by atoms with Gasteiger partial charge in [0.2, 0.25) is 5.95 Å². The number of anilines is 1. The Morgan fingerprint density at radius 2 is 2.06 bits per heavy atom. The van der Waals surface area contributed by atoms with Crippen molar-refractivity contribution < 1.29 is 0 Å². The van der Waals surface area contributed by atoms with Crippen LogP contribution in [-0.2, 0) is 6.42 Å². The van der Waals surface area contributed by atoms with Crippen LogP contribution in [0.3, 0.4) is 0 Å². The molecule has 0 radical (unpaired) electrons. The number of aromatic nitrogens is 2. The van der Waals surface area contributed by atoms with Crippen LogP contribution in [-0.4, -0.2) is 36.1 Å². The zero-order valence-electron chi connectivity index (χ0n) is 11.7. The monoisotopic (exact) mass is 248 g/mol. The molecule has 0 aliphatic carbocycles. The quantitative estimate of drug-likeness (QED) is 0.886. The van der Waals surface area contributed by atoms with Crippen LogP contribution in [0.1, 0.15) is 32.8 Å².